The van der Waals surface area contributed by atoms with E-state index < -0.39 is 5.92 Å². The molecule has 1 N–H and O–H groups in total. The summed E-state index contributed by atoms with van der Waals surface area (Å²) >= 11 is 1.29. The summed E-state index contributed by atoms with van der Waals surface area (Å²) in [4.78, 5) is 12.0. The number of hydrogen-bond donors (Lipinski definition) is 1. The fourth-order valence-electron chi connectivity index (χ4n) is 1.59. The van der Waals surface area contributed by atoms with Crippen molar-refractivity contribution in [1.29, 1.82) is 5.26 Å². The molecule has 1 amide bonds. The van der Waals surface area contributed by atoms with Crippen molar-refractivity contribution in [3.05, 3.63) is 40.9 Å². The van der Waals surface area contributed by atoms with Crippen LogP contribution in [0.25, 0.3) is 0 Å². The van der Waals surface area contributed by atoms with Crippen LogP contribution in [0.5, 0.6) is 0 Å². The van der Waals surface area contributed by atoms with Gasteiger partial charge >= 0.3 is 0 Å². The third-order valence-corrected chi connectivity index (χ3v) is 3.27. The number of aromatic nitrogens is 2. The lowest BCUT2D eigenvalue weighted by molar-refractivity contribution is -0.118. The van der Waals surface area contributed by atoms with Gasteiger partial charge in [-0.1, -0.05) is 41.7 Å². The number of aryl methyl sites for hydroxylation is 1. The highest BCUT2D eigenvalue weighted by atomic mass is 32.1. The zero-order chi connectivity index (χ0) is 13.7. The van der Waals surface area contributed by atoms with E-state index >= 15 is 0 Å². The molecule has 2 aromatic rings. The van der Waals surface area contributed by atoms with E-state index in [4.69, 9.17) is 5.26 Å². The standard InChI is InChI=1S/C13H12N4OS/c1-9-16-17-13(19-9)15-12(18)11(8-14)7-10-5-3-2-4-6-10/h2-6,11H,7H2,1H3,(H,15,17,18). The molecule has 96 valence electrons. The first-order valence-electron chi connectivity index (χ1n) is 5.73. The normalized spacial score (nSPS) is 11.6. The van der Waals surface area contributed by atoms with Gasteiger partial charge in [-0.25, -0.2) is 0 Å². The first kappa shape index (κ1) is 13.2. The Bertz CT molecular complexity index is 603. The van der Waals surface area contributed by atoms with Crippen molar-refractivity contribution in [3.63, 3.8) is 0 Å². The van der Waals surface area contributed by atoms with Gasteiger partial charge in [0, 0.05) is 0 Å². The average molecular weight is 272 g/mol. The van der Waals surface area contributed by atoms with Crippen LogP contribution in [0.15, 0.2) is 30.3 Å². The van der Waals surface area contributed by atoms with Crippen molar-refractivity contribution in [2.45, 2.75) is 13.3 Å². The largest absolute Gasteiger partial charge is 0.299 e. The SMILES string of the molecule is Cc1nnc(NC(=O)C(C#N)Cc2ccccc2)s1. The predicted octanol–water partition coefficient (Wildman–Crippen LogP) is 2.17. The summed E-state index contributed by atoms with van der Waals surface area (Å²) in [7, 11) is 0. The highest BCUT2D eigenvalue weighted by Crippen LogP contribution is 2.16. The van der Waals surface area contributed by atoms with Gasteiger partial charge in [-0.05, 0) is 18.9 Å². The number of hydrogen-bond acceptors (Lipinski definition) is 5. The van der Waals surface area contributed by atoms with Gasteiger partial charge in [0.05, 0.1) is 6.07 Å². The number of nitrogens with zero attached hydrogens (tertiary/aromatic N) is 3. The lowest BCUT2D eigenvalue weighted by atomic mass is 10.00. The Balaban J connectivity index is 2.02. The second-order valence-corrected chi connectivity index (χ2v) is 5.17. The molecule has 0 aliphatic heterocycles. The van der Waals surface area contributed by atoms with E-state index in [9.17, 15) is 4.79 Å². The molecule has 1 heterocycles. The third-order valence-electron chi connectivity index (χ3n) is 2.51. The second kappa shape index (κ2) is 6.07. The van der Waals surface area contributed by atoms with Crippen molar-refractivity contribution in [3.8, 4) is 6.07 Å². The molecule has 0 saturated carbocycles. The fourth-order valence-corrected chi connectivity index (χ4v) is 2.18. The molecule has 19 heavy (non-hydrogen) atoms. The minimum absolute atomic E-state index is 0.345. The van der Waals surface area contributed by atoms with Crippen LogP contribution in [0.2, 0.25) is 0 Å². The average Bonchev–Trinajstić information content (AvgIpc) is 2.82. The van der Waals surface area contributed by atoms with Gasteiger partial charge < -0.3 is 0 Å². The first-order valence-corrected chi connectivity index (χ1v) is 6.55. The molecule has 0 aliphatic rings. The molecule has 1 aromatic carbocycles. The van der Waals surface area contributed by atoms with Gasteiger partial charge in [-0.15, -0.1) is 10.2 Å². The number of nitriles is 1. The maximum absolute atomic E-state index is 12.0. The predicted molar refractivity (Wildman–Crippen MR) is 72.5 cm³/mol. The molecule has 2 rings (SSSR count). The zero-order valence-electron chi connectivity index (χ0n) is 10.3. The summed E-state index contributed by atoms with van der Waals surface area (Å²) < 4.78 is 0. The maximum atomic E-state index is 12.0. The summed E-state index contributed by atoms with van der Waals surface area (Å²) in [5, 5.41) is 20.5. The van der Waals surface area contributed by atoms with E-state index in [1.54, 1.807) is 6.92 Å². The summed E-state index contributed by atoms with van der Waals surface area (Å²) in [5.74, 6) is -1.07. The molecule has 5 nitrogen and oxygen atoms in total. The van der Waals surface area contributed by atoms with E-state index in [2.05, 4.69) is 15.5 Å². The molecule has 1 atom stereocenters. The molecular formula is C13H12N4OS. The molecule has 1 unspecified atom stereocenters. The number of amides is 1. The smallest absolute Gasteiger partial charge is 0.243 e. The van der Waals surface area contributed by atoms with Gasteiger partial charge in [-0.3, -0.25) is 10.1 Å². The van der Waals surface area contributed by atoms with Crippen molar-refractivity contribution >= 4 is 22.4 Å². The van der Waals surface area contributed by atoms with Gasteiger partial charge in [0.15, 0.2) is 0 Å². The molecule has 0 bridgehead atoms. The van der Waals surface area contributed by atoms with E-state index in [1.807, 2.05) is 36.4 Å². The van der Waals surface area contributed by atoms with E-state index in [1.165, 1.54) is 11.3 Å². The van der Waals surface area contributed by atoms with E-state index in [0.29, 0.717) is 11.6 Å². The molecule has 0 spiro atoms. The molecule has 0 aliphatic carbocycles. The van der Waals surface area contributed by atoms with Crippen molar-refractivity contribution in [2.75, 3.05) is 5.32 Å². The molecule has 0 fully saturated rings. The minimum atomic E-state index is -0.730. The lowest BCUT2D eigenvalue weighted by Crippen LogP contribution is -2.23. The summed E-state index contributed by atoms with van der Waals surface area (Å²) in [5.41, 5.74) is 0.956. The summed E-state index contributed by atoms with van der Waals surface area (Å²) in [6.07, 6.45) is 0.390. The Morgan fingerprint density at radius 2 is 2.16 bits per heavy atom. The number of benzene rings is 1. The van der Waals surface area contributed by atoms with Crippen LogP contribution in [0.3, 0.4) is 0 Å². The van der Waals surface area contributed by atoms with Crippen LogP contribution in [-0.4, -0.2) is 16.1 Å². The van der Waals surface area contributed by atoms with Gasteiger partial charge in [0.25, 0.3) is 0 Å². The number of carbonyl (C=O) groups is 1. The number of carbonyl (C=O) groups excluding carboxylic acids is 1. The van der Waals surface area contributed by atoms with Gasteiger partial charge in [0.1, 0.15) is 10.9 Å². The topological polar surface area (TPSA) is 78.7 Å². The van der Waals surface area contributed by atoms with Crippen molar-refractivity contribution in [2.24, 2.45) is 5.92 Å². The van der Waals surface area contributed by atoms with Crippen LogP contribution < -0.4 is 5.32 Å². The van der Waals surface area contributed by atoms with Gasteiger partial charge in [0.2, 0.25) is 11.0 Å². The minimum Gasteiger partial charge on any atom is -0.299 e. The lowest BCUT2D eigenvalue weighted by Gasteiger charge is -2.08. The quantitative estimate of drug-likeness (QED) is 0.925. The van der Waals surface area contributed by atoms with Crippen LogP contribution in [0.1, 0.15) is 10.6 Å². The number of anilines is 1. The number of rotatable bonds is 4. The highest BCUT2D eigenvalue weighted by molar-refractivity contribution is 7.15. The van der Waals surface area contributed by atoms with Crippen LogP contribution in [0, 0.1) is 24.2 Å². The van der Waals surface area contributed by atoms with E-state index in [-0.39, 0.29) is 5.91 Å². The molecular weight excluding hydrogens is 260 g/mol. The Hall–Kier alpha value is -2.26. The monoisotopic (exact) mass is 272 g/mol. The summed E-state index contributed by atoms with van der Waals surface area (Å²) in [6.45, 7) is 1.80. The van der Waals surface area contributed by atoms with Crippen molar-refractivity contribution in [1.82, 2.24) is 10.2 Å². The molecule has 1 aromatic heterocycles. The maximum Gasteiger partial charge on any atom is 0.243 e. The zero-order valence-corrected chi connectivity index (χ0v) is 11.1. The Labute approximate surface area is 114 Å². The van der Waals surface area contributed by atoms with Gasteiger partial charge in [-0.2, -0.15) is 5.26 Å². The molecule has 0 radical (unpaired) electrons. The Morgan fingerprint density at radius 3 is 2.74 bits per heavy atom. The number of nitrogens with one attached hydrogen (secondary N) is 1. The van der Waals surface area contributed by atoms with Crippen LogP contribution in [0.4, 0.5) is 5.13 Å². The van der Waals surface area contributed by atoms with E-state index in [0.717, 1.165) is 10.6 Å². The summed E-state index contributed by atoms with van der Waals surface area (Å²) in [6, 6.07) is 11.5. The highest BCUT2D eigenvalue weighted by Gasteiger charge is 2.19. The third kappa shape index (κ3) is 3.60. The first-order chi connectivity index (χ1) is 9.19. The fraction of sp³-hybridized carbons (Fsp3) is 0.231. The molecule has 0 saturated heterocycles. The van der Waals surface area contributed by atoms with Crippen LogP contribution >= 0.6 is 11.3 Å². The van der Waals surface area contributed by atoms with Crippen LogP contribution in [-0.2, 0) is 11.2 Å². The molecule has 6 heteroatoms. The van der Waals surface area contributed by atoms with Crippen molar-refractivity contribution < 1.29 is 4.79 Å². The second-order valence-electron chi connectivity index (χ2n) is 3.99. The Morgan fingerprint density at radius 1 is 1.42 bits per heavy atom. The Kier molecular flexibility index (Phi) is 4.21.